The number of carbonyl (C=O) groups is 1. The van der Waals surface area contributed by atoms with Crippen LogP contribution in [0.25, 0.3) is 0 Å². The first-order chi connectivity index (χ1) is 7.00. The molecular weight excluding hydrogens is 188 g/mol. The van der Waals surface area contributed by atoms with E-state index in [0.717, 1.165) is 12.8 Å². The molecule has 1 unspecified atom stereocenters. The van der Waals surface area contributed by atoms with Crippen molar-refractivity contribution in [2.45, 2.75) is 33.6 Å². The molecule has 2 heteroatoms. The first-order valence-corrected chi connectivity index (χ1v) is 5.60. The molecule has 0 heterocycles. The predicted octanol–water partition coefficient (Wildman–Crippen LogP) is 3.26. The van der Waals surface area contributed by atoms with Crippen molar-refractivity contribution in [1.82, 2.24) is 0 Å². The van der Waals surface area contributed by atoms with E-state index in [0.29, 0.717) is 5.92 Å². The lowest BCUT2D eigenvalue weighted by molar-refractivity contribution is -0.142. The van der Waals surface area contributed by atoms with Crippen LogP contribution in [0.1, 0.15) is 33.6 Å². The Morgan fingerprint density at radius 2 is 2.20 bits per heavy atom. The lowest BCUT2D eigenvalue weighted by Gasteiger charge is -2.20. The summed E-state index contributed by atoms with van der Waals surface area (Å²) >= 11 is 0. The third kappa shape index (κ3) is 3.54. The zero-order chi connectivity index (χ0) is 11.4. The van der Waals surface area contributed by atoms with E-state index in [9.17, 15) is 4.79 Å². The average Bonchev–Trinajstić information content (AvgIpc) is 2.17. The lowest BCUT2D eigenvalue weighted by Crippen LogP contribution is -2.19. The summed E-state index contributed by atoms with van der Waals surface area (Å²) in [6, 6.07) is 0. The highest BCUT2D eigenvalue weighted by atomic mass is 16.4. The van der Waals surface area contributed by atoms with Crippen LogP contribution in [-0.4, -0.2) is 11.1 Å². The van der Waals surface area contributed by atoms with Crippen molar-refractivity contribution < 1.29 is 9.90 Å². The van der Waals surface area contributed by atoms with Crippen molar-refractivity contribution in [3.05, 3.63) is 23.8 Å². The molecule has 1 N–H and O–H groups in total. The first kappa shape index (κ1) is 12.0. The van der Waals surface area contributed by atoms with Crippen molar-refractivity contribution in [3.63, 3.8) is 0 Å². The van der Waals surface area contributed by atoms with Gasteiger partial charge in [-0.3, -0.25) is 4.79 Å². The average molecular weight is 208 g/mol. The van der Waals surface area contributed by atoms with Gasteiger partial charge < -0.3 is 5.11 Å². The monoisotopic (exact) mass is 208 g/mol. The molecule has 0 aromatic carbocycles. The maximum absolute atomic E-state index is 10.8. The molecule has 1 rings (SSSR count). The summed E-state index contributed by atoms with van der Waals surface area (Å²) in [6.45, 7) is 6.17. The second kappa shape index (κ2) is 5.15. The zero-order valence-corrected chi connectivity index (χ0v) is 9.73. The molecule has 1 aliphatic rings. The van der Waals surface area contributed by atoms with Crippen LogP contribution in [0.3, 0.4) is 0 Å². The van der Waals surface area contributed by atoms with Crippen molar-refractivity contribution in [1.29, 1.82) is 0 Å². The minimum absolute atomic E-state index is 0.165. The molecular formula is C13H20O2. The molecule has 2 nitrogen and oxygen atoms in total. The fourth-order valence-corrected chi connectivity index (χ4v) is 1.86. The number of allylic oxidation sites excluding steroid dienone is 4. The Morgan fingerprint density at radius 3 is 2.60 bits per heavy atom. The Bertz CT molecular complexity index is 287. The van der Waals surface area contributed by atoms with Crippen molar-refractivity contribution in [3.8, 4) is 0 Å². The Hall–Kier alpha value is -1.05. The highest BCUT2D eigenvalue weighted by Gasteiger charge is 2.22. The molecule has 1 aliphatic carbocycles. The molecule has 15 heavy (non-hydrogen) atoms. The van der Waals surface area contributed by atoms with Gasteiger partial charge in [-0.25, -0.2) is 0 Å². The normalized spacial score (nSPS) is 22.7. The highest BCUT2D eigenvalue weighted by Crippen LogP contribution is 2.26. The molecule has 0 aromatic rings. The first-order valence-electron chi connectivity index (χ1n) is 5.60. The second-order valence-electron chi connectivity index (χ2n) is 4.76. The van der Waals surface area contributed by atoms with E-state index in [-0.39, 0.29) is 11.8 Å². The quantitative estimate of drug-likeness (QED) is 0.770. The Kier molecular flexibility index (Phi) is 4.13. The van der Waals surface area contributed by atoms with Gasteiger partial charge in [0.15, 0.2) is 0 Å². The number of carboxylic acid groups (broad SMARTS) is 1. The zero-order valence-electron chi connectivity index (χ0n) is 9.73. The molecule has 0 aromatic heterocycles. The van der Waals surface area contributed by atoms with Gasteiger partial charge in [0.25, 0.3) is 0 Å². The molecule has 0 saturated heterocycles. The molecule has 0 spiro atoms. The van der Waals surface area contributed by atoms with Gasteiger partial charge in [-0.2, -0.15) is 0 Å². The van der Waals surface area contributed by atoms with Gasteiger partial charge in [-0.1, -0.05) is 44.6 Å². The molecule has 0 aliphatic heterocycles. The van der Waals surface area contributed by atoms with Crippen LogP contribution in [0.5, 0.6) is 0 Å². The molecule has 2 atom stereocenters. The summed E-state index contributed by atoms with van der Waals surface area (Å²) in [5, 5.41) is 8.89. The maximum atomic E-state index is 10.8. The summed E-state index contributed by atoms with van der Waals surface area (Å²) in [4.78, 5) is 10.8. The van der Waals surface area contributed by atoms with Gasteiger partial charge in [0.2, 0.25) is 0 Å². The number of aliphatic carboxylic acids is 1. The van der Waals surface area contributed by atoms with E-state index in [1.54, 1.807) is 6.92 Å². The molecule has 0 bridgehead atoms. The lowest BCUT2D eigenvalue weighted by atomic mass is 9.85. The fourth-order valence-electron chi connectivity index (χ4n) is 1.86. The number of rotatable bonds is 4. The predicted molar refractivity (Wildman–Crippen MR) is 61.6 cm³/mol. The minimum Gasteiger partial charge on any atom is -0.481 e. The molecule has 0 radical (unpaired) electrons. The highest BCUT2D eigenvalue weighted by molar-refractivity contribution is 5.70. The summed E-state index contributed by atoms with van der Waals surface area (Å²) < 4.78 is 0. The third-order valence-corrected chi connectivity index (χ3v) is 2.89. The standard InChI is InChI=1S/C13H20O2/c1-9(2)8-11-4-6-12(7-5-11)10(3)13(14)15/h4-6,9-10,12H,7-8H2,1-3H3,(H,14,15)/t10-,12?/m1/s1. The van der Waals surface area contributed by atoms with Crippen molar-refractivity contribution in [2.75, 3.05) is 0 Å². The van der Waals surface area contributed by atoms with E-state index in [4.69, 9.17) is 5.11 Å². The Balaban J connectivity index is 2.52. The summed E-state index contributed by atoms with van der Waals surface area (Å²) in [6.07, 6.45) is 8.28. The largest absolute Gasteiger partial charge is 0.481 e. The summed E-state index contributed by atoms with van der Waals surface area (Å²) in [5.41, 5.74) is 1.35. The SMILES string of the molecule is CC(C)CC1=CCC([C@@H](C)C(=O)O)C=C1. The van der Waals surface area contributed by atoms with Crippen LogP contribution in [0.4, 0.5) is 0 Å². The third-order valence-electron chi connectivity index (χ3n) is 2.89. The number of carboxylic acids is 1. The molecule has 84 valence electrons. The van der Waals surface area contributed by atoms with Crippen LogP contribution in [0, 0.1) is 17.8 Å². The van der Waals surface area contributed by atoms with Crippen molar-refractivity contribution in [2.24, 2.45) is 17.8 Å². The van der Waals surface area contributed by atoms with Gasteiger partial charge in [0.05, 0.1) is 5.92 Å². The number of hydrogen-bond donors (Lipinski definition) is 1. The Labute approximate surface area is 91.7 Å². The van der Waals surface area contributed by atoms with Crippen LogP contribution < -0.4 is 0 Å². The Morgan fingerprint density at radius 1 is 1.53 bits per heavy atom. The summed E-state index contributed by atoms with van der Waals surface area (Å²) in [7, 11) is 0. The molecule has 0 saturated carbocycles. The smallest absolute Gasteiger partial charge is 0.306 e. The van der Waals surface area contributed by atoms with Crippen LogP contribution in [-0.2, 0) is 4.79 Å². The van der Waals surface area contributed by atoms with Gasteiger partial charge in [-0.05, 0) is 24.7 Å². The van der Waals surface area contributed by atoms with Gasteiger partial charge in [0, 0.05) is 0 Å². The van der Waals surface area contributed by atoms with E-state index >= 15 is 0 Å². The van der Waals surface area contributed by atoms with Crippen LogP contribution in [0.15, 0.2) is 23.8 Å². The topological polar surface area (TPSA) is 37.3 Å². The van der Waals surface area contributed by atoms with Gasteiger partial charge in [-0.15, -0.1) is 0 Å². The van der Waals surface area contributed by atoms with E-state index in [1.807, 2.05) is 0 Å². The maximum Gasteiger partial charge on any atom is 0.306 e. The second-order valence-corrected chi connectivity index (χ2v) is 4.76. The fraction of sp³-hybridized carbons (Fsp3) is 0.615. The number of hydrogen-bond acceptors (Lipinski definition) is 1. The van der Waals surface area contributed by atoms with E-state index in [2.05, 4.69) is 32.1 Å². The van der Waals surface area contributed by atoms with Gasteiger partial charge >= 0.3 is 5.97 Å². The molecule has 0 amide bonds. The van der Waals surface area contributed by atoms with Crippen LogP contribution in [0.2, 0.25) is 0 Å². The summed E-state index contributed by atoms with van der Waals surface area (Å²) in [5.74, 6) is -0.156. The van der Waals surface area contributed by atoms with Crippen molar-refractivity contribution >= 4 is 5.97 Å². The molecule has 0 fully saturated rings. The van der Waals surface area contributed by atoms with Crippen LogP contribution >= 0.6 is 0 Å². The minimum atomic E-state index is -0.703. The van der Waals surface area contributed by atoms with Gasteiger partial charge in [0.1, 0.15) is 0 Å². The van der Waals surface area contributed by atoms with E-state index < -0.39 is 5.97 Å². The van der Waals surface area contributed by atoms with E-state index in [1.165, 1.54) is 5.57 Å².